The average molecular weight is 302 g/mol. The molecule has 0 bridgehead atoms. The summed E-state index contributed by atoms with van der Waals surface area (Å²) in [4.78, 5) is 0. The first kappa shape index (κ1) is 14.4. The predicted molar refractivity (Wildman–Crippen MR) is 86.8 cm³/mol. The van der Waals surface area contributed by atoms with E-state index in [9.17, 15) is 5.11 Å². The van der Waals surface area contributed by atoms with Crippen LogP contribution in [0.15, 0.2) is 42.5 Å². The van der Waals surface area contributed by atoms with E-state index in [1.165, 1.54) is 11.1 Å². The summed E-state index contributed by atoms with van der Waals surface area (Å²) in [5.41, 5.74) is 3.69. The molecule has 2 aromatic rings. The fourth-order valence-electron chi connectivity index (χ4n) is 3.19. The zero-order valence-electron chi connectivity index (χ0n) is 12.1. The first-order valence-electron chi connectivity index (χ1n) is 7.47. The number of halogens is 1. The van der Waals surface area contributed by atoms with Crippen LogP contribution in [-0.2, 0) is 6.42 Å². The Morgan fingerprint density at radius 1 is 1.24 bits per heavy atom. The van der Waals surface area contributed by atoms with Crippen LogP contribution < -0.4 is 5.32 Å². The van der Waals surface area contributed by atoms with Gasteiger partial charge in [-0.25, -0.2) is 0 Å². The van der Waals surface area contributed by atoms with Crippen molar-refractivity contribution in [2.75, 3.05) is 0 Å². The van der Waals surface area contributed by atoms with E-state index in [0.717, 1.165) is 29.8 Å². The van der Waals surface area contributed by atoms with Crippen molar-refractivity contribution in [1.29, 1.82) is 0 Å². The monoisotopic (exact) mass is 301 g/mol. The Hall–Kier alpha value is -1.51. The third-order valence-electron chi connectivity index (χ3n) is 4.26. The standard InChI is InChI=1S/C18H20ClNO/c1-12(15-6-2-3-7-17(15)19)20-18-8-4-5-13-11-14(21)9-10-16(13)18/h2-3,6-7,9-12,18,20-21H,4-5,8H2,1H3/t12-,18?/m0/s1. The van der Waals surface area contributed by atoms with Crippen LogP contribution in [0, 0.1) is 0 Å². The summed E-state index contributed by atoms with van der Waals surface area (Å²) in [7, 11) is 0. The Morgan fingerprint density at radius 2 is 2.05 bits per heavy atom. The molecule has 0 aromatic heterocycles. The van der Waals surface area contributed by atoms with Crippen LogP contribution in [0.1, 0.15) is 48.5 Å². The maximum atomic E-state index is 9.63. The van der Waals surface area contributed by atoms with Gasteiger partial charge in [0.05, 0.1) is 0 Å². The van der Waals surface area contributed by atoms with E-state index >= 15 is 0 Å². The van der Waals surface area contributed by atoms with Crippen molar-refractivity contribution >= 4 is 11.6 Å². The number of rotatable bonds is 3. The van der Waals surface area contributed by atoms with Gasteiger partial charge >= 0.3 is 0 Å². The fourth-order valence-corrected chi connectivity index (χ4v) is 3.49. The lowest BCUT2D eigenvalue weighted by molar-refractivity contribution is 0.413. The molecular formula is C18H20ClNO. The van der Waals surface area contributed by atoms with Gasteiger partial charge in [-0.3, -0.25) is 0 Å². The van der Waals surface area contributed by atoms with Crippen molar-refractivity contribution in [1.82, 2.24) is 5.32 Å². The highest BCUT2D eigenvalue weighted by atomic mass is 35.5. The van der Waals surface area contributed by atoms with Crippen molar-refractivity contribution in [3.63, 3.8) is 0 Å². The summed E-state index contributed by atoms with van der Waals surface area (Å²) < 4.78 is 0. The molecule has 0 aliphatic heterocycles. The topological polar surface area (TPSA) is 32.3 Å². The van der Waals surface area contributed by atoms with Gasteiger partial charge in [0.2, 0.25) is 0 Å². The first-order valence-corrected chi connectivity index (χ1v) is 7.85. The van der Waals surface area contributed by atoms with Crippen LogP contribution >= 0.6 is 11.6 Å². The lowest BCUT2D eigenvalue weighted by Gasteiger charge is -2.30. The van der Waals surface area contributed by atoms with E-state index in [4.69, 9.17) is 11.6 Å². The van der Waals surface area contributed by atoms with Gasteiger partial charge in [0.1, 0.15) is 5.75 Å². The third kappa shape index (κ3) is 3.07. The molecule has 0 radical (unpaired) electrons. The highest BCUT2D eigenvalue weighted by Gasteiger charge is 2.22. The van der Waals surface area contributed by atoms with Crippen LogP contribution in [0.2, 0.25) is 5.02 Å². The maximum Gasteiger partial charge on any atom is 0.115 e. The summed E-state index contributed by atoms with van der Waals surface area (Å²) in [5.74, 6) is 0.355. The second-order valence-corrected chi connectivity index (χ2v) is 6.14. The molecule has 3 heteroatoms. The van der Waals surface area contributed by atoms with Crippen molar-refractivity contribution in [3.8, 4) is 5.75 Å². The molecule has 0 amide bonds. The lowest BCUT2D eigenvalue weighted by Crippen LogP contribution is -2.27. The predicted octanol–water partition coefficient (Wildman–Crippen LogP) is 4.77. The number of hydrogen-bond donors (Lipinski definition) is 2. The molecule has 3 rings (SSSR count). The second kappa shape index (κ2) is 6.08. The van der Waals surface area contributed by atoms with E-state index in [2.05, 4.69) is 18.3 Å². The first-order chi connectivity index (χ1) is 10.1. The van der Waals surface area contributed by atoms with E-state index in [0.29, 0.717) is 11.8 Å². The number of nitrogens with one attached hydrogen (secondary N) is 1. The van der Waals surface area contributed by atoms with Gasteiger partial charge < -0.3 is 10.4 Å². The quantitative estimate of drug-likeness (QED) is 0.855. The van der Waals surface area contributed by atoms with Crippen LogP contribution in [-0.4, -0.2) is 5.11 Å². The van der Waals surface area contributed by atoms with Crippen LogP contribution in [0.3, 0.4) is 0 Å². The van der Waals surface area contributed by atoms with Gasteiger partial charge in [0.15, 0.2) is 0 Å². The number of aromatic hydroxyl groups is 1. The summed E-state index contributed by atoms with van der Waals surface area (Å²) in [6.07, 6.45) is 3.30. The number of benzene rings is 2. The Kier molecular flexibility index (Phi) is 4.18. The summed E-state index contributed by atoms with van der Waals surface area (Å²) >= 11 is 6.28. The second-order valence-electron chi connectivity index (χ2n) is 5.74. The van der Waals surface area contributed by atoms with E-state index in [-0.39, 0.29) is 6.04 Å². The van der Waals surface area contributed by atoms with Crippen molar-refractivity contribution in [2.45, 2.75) is 38.3 Å². The molecule has 21 heavy (non-hydrogen) atoms. The highest BCUT2D eigenvalue weighted by Crippen LogP contribution is 2.34. The summed E-state index contributed by atoms with van der Waals surface area (Å²) in [6.45, 7) is 2.15. The Balaban J connectivity index is 1.82. The number of aryl methyl sites for hydroxylation is 1. The smallest absolute Gasteiger partial charge is 0.115 e. The van der Waals surface area contributed by atoms with Crippen molar-refractivity contribution in [2.24, 2.45) is 0 Å². The number of fused-ring (bicyclic) bond motifs is 1. The van der Waals surface area contributed by atoms with Gasteiger partial charge in [-0.05, 0) is 61.1 Å². The number of hydrogen-bond acceptors (Lipinski definition) is 2. The van der Waals surface area contributed by atoms with E-state index < -0.39 is 0 Å². The molecule has 110 valence electrons. The normalized spacial score (nSPS) is 19.0. The molecule has 0 saturated carbocycles. The van der Waals surface area contributed by atoms with Gasteiger partial charge in [-0.15, -0.1) is 0 Å². The maximum absolute atomic E-state index is 9.63. The minimum atomic E-state index is 0.198. The molecule has 2 N–H and O–H groups in total. The molecule has 2 nitrogen and oxygen atoms in total. The number of phenolic OH excluding ortho intramolecular Hbond substituents is 1. The van der Waals surface area contributed by atoms with Gasteiger partial charge in [0, 0.05) is 17.1 Å². The Bertz CT molecular complexity index is 641. The third-order valence-corrected chi connectivity index (χ3v) is 4.61. The molecule has 0 heterocycles. The molecule has 1 aliphatic carbocycles. The molecule has 2 atom stereocenters. The van der Waals surface area contributed by atoms with E-state index in [1.807, 2.05) is 30.3 Å². The van der Waals surface area contributed by atoms with Crippen molar-refractivity contribution in [3.05, 3.63) is 64.2 Å². The molecule has 2 aromatic carbocycles. The zero-order chi connectivity index (χ0) is 14.8. The minimum absolute atomic E-state index is 0.198. The van der Waals surface area contributed by atoms with Crippen LogP contribution in [0.5, 0.6) is 5.75 Å². The zero-order valence-corrected chi connectivity index (χ0v) is 12.9. The average Bonchev–Trinajstić information content (AvgIpc) is 2.47. The summed E-state index contributed by atoms with van der Waals surface area (Å²) in [5, 5.41) is 14.1. The number of phenols is 1. The lowest BCUT2D eigenvalue weighted by atomic mass is 9.87. The fraction of sp³-hybridized carbons (Fsp3) is 0.333. The molecule has 1 aliphatic rings. The minimum Gasteiger partial charge on any atom is -0.508 e. The molecule has 0 spiro atoms. The molecule has 0 fully saturated rings. The van der Waals surface area contributed by atoms with Crippen LogP contribution in [0.25, 0.3) is 0 Å². The van der Waals surface area contributed by atoms with E-state index in [1.54, 1.807) is 6.07 Å². The van der Waals surface area contributed by atoms with Gasteiger partial charge in [0.25, 0.3) is 0 Å². The molecular weight excluding hydrogens is 282 g/mol. The molecule has 1 unspecified atom stereocenters. The summed E-state index contributed by atoms with van der Waals surface area (Å²) in [6, 6.07) is 14.2. The molecule has 0 saturated heterocycles. The Morgan fingerprint density at radius 3 is 2.86 bits per heavy atom. The Labute approximate surface area is 130 Å². The van der Waals surface area contributed by atoms with Gasteiger partial charge in [-0.2, -0.15) is 0 Å². The van der Waals surface area contributed by atoms with Crippen molar-refractivity contribution < 1.29 is 5.11 Å². The van der Waals surface area contributed by atoms with Gasteiger partial charge in [-0.1, -0.05) is 35.9 Å². The highest BCUT2D eigenvalue weighted by molar-refractivity contribution is 6.31. The largest absolute Gasteiger partial charge is 0.508 e. The SMILES string of the molecule is C[C@H](NC1CCCc2cc(O)ccc21)c1ccccc1Cl. The van der Waals surface area contributed by atoms with Crippen LogP contribution in [0.4, 0.5) is 0 Å².